The molecule has 0 unspecified atom stereocenters. The highest BCUT2D eigenvalue weighted by Gasteiger charge is 2.23. The van der Waals surface area contributed by atoms with E-state index in [2.05, 4.69) is 4.98 Å². The number of carbonyl (C=O) groups is 1. The molecule has 1 fully saturated rings. The van der Waals surface area contributed by atoms with E-state index in [0.717, 1.165) is 19.4 Å². The zero-order chi connectivity index (χ0) is 17.1. The summed E-state index contributed by atoms with van der Waals surface area (Å²) < 4.78 is 7.30. The van der Waals surface area contributed by atoms with Crippen molar-refractivity contribution in [3.05, 3.63) is 34.6 Å². The average Bonchev–Trinajstić information content (AvgIpc) is 3.08. The second-order valence-electron chi connectivity index (χ2n) is 5.88. The van der Waals surface area contributed by atoms with Crippen LogP contribution in [-0.4, -0.2) is 33.4 Å². The molecule has 2 heterocycles. The number of fused-ring (bicyclic) bond motifs is 1. The molecule has 0 radical (unpaired) electrons. The van der Waals surface area contributed by atoms with Gasteiger partial charge >= 0.3 is 0 Å². The minimum Gasteiger partial charge on any atom is -0.376 e. The Hall–Kier alpha value is -1.86. The molecular weight excluding hydrogens is 326 g/mol. The summed E-state index contributed by atoms with van der Waals surface area (Å²) in [5, 5.41) is 0.695. The van der Waals surface area contributed by atoms with Crippen LogP contribution in [0.4, 0.5) is 0 Å². The Morgan fingerprint density at radius 2 is 2.29 bits per heavy atom. The molecule has 2 N–H and O–H groups in total. The van der Waals surface area contributed by atoms with Crippen molar-refractivity contribution in [2.75, 3.05) is 6.61 Å². The summed E-state index contributed by atoms with van der Waals surface area (Å²) in [6, 6.07) is 7.25. The predicted molar refractivity (Wildman–Crippen MR) is 94.1 cm³/mol. The van der Waals surface area contributed by atoms with E-state index in [4.69, 9.17) is 10.5 Å². The number of aromatic nitrogens is 2. The van der Waals surface area contributed by atoms with Crippen molar-refractivity contribution in [3.8, 4) is 0 Å². The van der Waals surface area contributed by atoms with E-state index in [-0.39, 0.29) is 11.7 Å². The van der Waals surface area contributed by atoms with Crippen LogP contribution in [0.25, 0.3) is 10.9 Å². The number of benzene rings is 1. The average molecular weight is 347 g/mol. The molecule has 1 aromatic heterocycles. The summed E-state index contributed by atoms with van der Waals surface area (Å²) in [7, 11) is 0. The summed E-state index contributed by atoms with van der Waals surface area (Å²) in [5.74, 6) is -0.395. The largest absolute Gasteiger partial charge is 0.376 e. The van der Waals surface area contributed by atoms with Crippen molar-refractivity contribution in [2.45, 2.75) is 49.2 Å². The Labute approximate surface area is 144 Å². The molecule has 24 heavy (non-hydrogen) atoms. The number of carbonyl (C=O) groups excluding carboxylic acids is 1. The van der Waals surface area contributed by atoms with Crippen LogP contribution in [0.1, 0.15) is 26.2 Å². The van der Waals surface area contributed by atoms with E-state index in [1.165, 1.54) is 11.8 Å². The second kappa shape index (κ2) is 7.36. The molecule has 1 aromatic carbocycles. The molecule has 0 aliphatic carbocycles. The minimum atomic E-state index is -0.409. The smallest absolute Gasteiger partial charge is 0.262 e. The van der Waals surface area contributed by atoms with Gasteiger partial charge in [-0.25, -0.2) is 4.98 Å². The highest BCUT2D eigenvalue weighted by Crippen LogP contribution is 2.25. The van der Waals surface area contributed by atoms with Crippen molar-refractivity contribution >= 4 is 28.6 Å². The second-order valence-corrected chi connectivity index (χ2v) is 7.05. The van der Waals surface area contributed by atoms with Gasteiger partial charge in [-0.15, -0.1) is 0 Å². The molecule has 1 aliphatic rings. The van der Waals surface area contributed by atoms with Gasteiger partial charge in [0.2, 0.25) is 5.91 Å². The monoisotopic (exact) mass is 347 g/mol. The first-order valence-electron chi connectivity index (χ1n) is 8.17. The third-order valence-corrected chi connectivity index (χ3v) is 5.55. The van der Waals surface area contributed by atoms with Crippen molar-refractivity contribution in [1.29, 1.82) is 0 Å². The molecule has 1 saturated heterocycles. The number of rotatable bonds is 6. The van der Waals surface area contributed by atoms with Crippen LogP contribution in [-0.2, 0) is 16.1 Å². The van der Waals surface area contributed by atoms with Gasteiger partial charge in [-0.2, -0.15) is 0 Å². The van der Waals surface area contributed by atoms with Gasteiger partial charge in [0.25, 0.3) is 5.56 Å². The van der Waals surface area contributed by atoms with E-state index in [9.17, 15) is 9.59 Å². The van der Waals surface area contributed by atoms with Crippen molar-refractivity contribution in [1.82, 2.24) is 9.55 Å². The van der Waals surface area contributed by atoms with Crippen molar-refractivity contribution < 1.29 is 9.53 Å². The molecule has 0 saturated carbocycles. The Kier molecular flexibility index (Phi) is 5.20. The first kappa shape index (κ1) is 17.0. The van der Waals surface area contributed by atoms with Crippen LogP contribution in [0, 0.1) is 0 Å². The normalized spacial score (nSPS) is 18.8. The van der Waals surface area contributed by atoms with Gasteiger partial charge in [-0.3, -0.25) is 14.2 Å². The summed E-state index contributed by atoms with van der Waals surface area (Å²) in [5.41, 5.74) is 5.99. The summed E-state index contributed by atoms with van der Waals surface area (Å²) in [6.07, 6.45) is 2.53. The molecule has 2 aromatic rings. The third-order valence-electron chi connectivity index (χ3n) is 4.17. The fourth-order valence-electron chi connectivity index (χ4n) is 2.86. The first-order chi connectivity index (χ1) is 11.6. The van der Waals surface area contributed by atoms with Crippen LogP contribution in [0.15, 0.2) is 34.2 Å². The van der Waals surface area contributed by atoms with E-state index >= 15 is 0 Å². The molecule has 6 nitrogen and oxygen atoms in total. The number of hydrogen-bond donors (Lipinski definition) is 1. The van der Waals surface area contributed by atoms with Crippen molar-refractivity contribution in [3.63, 3.8) is 0 Å². The highest BCUT2D eigenvalue weighted by atomic mass is 32.2. The van der Waals surface area contributed by atoms with Gasteiger partial charge in [0.1, 0.15) is 0 Å². The van der Waals surface area contributed by atoms with Crippen LogP contribution >= 0.6 is 11.8 Å². The van der Waals surface area contributed by atoms with Gasteiger partial charge in [0.15, 0.2) is 5.16 Å². The van der Waals surface area contributed by atoms with Crippen LogP contribution in [0.5, 0.6) is 0 Å². The molecule has 7 heteroatoms. The lowest BCUT2D eigenvalue weighted by Gasteiger charge is -2.18. The molecule has 2 atom stereocenters. The Bertz CT molecular complexity index is 799. The number of para-hydroxylation sites is 1. The molecule has 1 aliphatic heterocycles. The molecular formula is C17H21N3O3S. The quantitative estimate of drug-likeness (QED) is 0.637. The zero-order valence-electron chi connectivity index (χ0n) is 13.6. The number of hydrogen-bond acceptors (Lipinski definition) is 5. The SMILES string of the molecule is CC[C@@H](Sc1nc2ccccc2c(=O)n1C[C@@H]1CCCO1)C(N)=O. The number of thioether (sulfide) groups is 1. The number of nitrogens with two attached hydrogens (primary N) is 1. The standard InChI is InChI=1S/C17H21N3O3S/c1-2-14(15(18)21)24-17-19-13-8-4-3-7-12(13)16(22)20(17)10-11-6-5-9-23-11/h3-4,7-8,11,14H,2,5-6,9-10H2,1H3,(H2,18,21)/t11-,14+/m0/s1. The lowest BCUT2D eigenvalue weighted by Crippen LogP contribution is -2.31. The van der Waals surface area contributed by atoms with Gasteiger partial charge in [0.05, 0.1) is 28.8 Å². The summed E-state index contributed by atoms with van der Waals surface area (Å²) >= 11 is 1.26. The molecule has 0 bridgehead atoms. The maximum Gasteiger partial charge on any atom is 0.262 e. The Balaban J connectivity index is 2.06. The number of amides is 1. The number of nitrogens with zero attached hydrogens (tertiary/aromatic N) is 2. The van der Waals surface area contributed by atoms with Gasteiger partial charge in [-0.1, -0.05) is 30.8 Å². The van der Waals surface area contributed by atoms with E-state index in [0.29, 0.717) is 29.0 Å². The maximum atomic E-state index is 12.9. The van der Waals surface area contributed by atoms with E-state index in [1.54, 1.807) is 10.6 Å². The van der Waals surface area contributed by atoms with Crippen LogP contribution in [0.2, 0.25) is 0 Å². The Morgan fingerprint density at radius 1 is 1.50 bits per heavy atom. The van der Waals surface area contributed by atoms with Gasteiger partial charge < -0.3 is 10.5 Å². The summed E-state index contributed by atoms with van der Waals surface area (Å²) in [6.45, 7) is 3.07. The lowest BCUT2D eigenvalue weighted by molar-refractivity contribution is -0.117. The molecule has 3 rings (SSSR count). The zero-order valence-corrected chi connectivity index (χ0v) is 14.4. The minimum absolute atomic E-state index is 0.0127. The lowest BCUT2D eigenvalue weighted by atomic mass is 10.2. The van der Waals surface area contributed by atoms with Crippen LogP contribution in [0.3, 0.4) is 0 Å². The topological polar surface area (TPSA) is 87.2 Å². The maximum absolute atomic E-state index is 12.9. The molecule has 1 amide bonds. The Morgan fingerprint density at radius 3 is 2.96 bits per heavy atom. The molecule has 0 spiro atoms. The van der Waals surface area contributed by atoms with Gasteiger partial charge in [0, 0.05) is 6.61 Å². The fourth-order valence-corrected chi connectivity index (χ4v) is 3.83. The number of primary amides is 1. The highest BCUT2D eigenvalue weighted by molar-refractivity contribution is 8.00. The number of ether oxygens (including phenoxy) is 1. The fraction of sp³-hybridized carbons (Fsp3) is 0.471. The van der Waals surface area contributed by atoms with Crippen LogP contribution < -0.4 is 11.3 Å². The first-order valence-corrected chi connectivity index (χ1v) is 9.05. The summed E-state index contributed by atoms with van der Waals surface area (Å²) in [4.78, 5) is 29.1. The third kappa shape index (κ3) is 3.47. The molecule has 128 valence electrons. The predicted octanol–water partition coefficient (Wildman–Crippen LogP) is 1.93. The van der Waals surface area contributed by atoms with E-state index < -0.39 is 11.2 Å². The van der Waals surface area contributed by atoms with Crippen molar-refractivity contribution in [2.24, 2.45) is 5.73 Å². The van der Waals surface area contributed by atoms with E-state index in [1.807, 2.05) is 25.1 Å². The van der Waals surface area contributed by atoms with Gasteiger partial charge in [-0.05, 0) is 31.4 Å².